The second-order valence-electron chi connectivity index (χ2n) is 3.98. The number of nitrogens with two attached hydrogens (primary N) is 1. The fraction of sp³-hybridized carbons (Fsp3) is 0.273. The lowest BCUT2D eigenvalue weighted by Gasteiger charge is -2.07. The lowest BCUT2D eigenvalue weighted by molar-refractivity contribution is 0.0701. The average Bonchev–Trinajstić information content (AvgIpc) is 2.73. The number of aromatic nitrogens is 2. The number of carbonyl (C=O) groups excluding carboxylic acids is 1. The van der Waals surface area contributed by atoms with Gasteiger partial charge < -0.3 is 21.5 Å². The summed E-state index contributed by atoms with van der Waals surface area (Å²) in [6.45, 7) is 2.49. The number of aromatic carboxylic acids is 1. The summed E-state index contributed by atoms with van der Waals surface area (Å²) in [5.74, 6) is -0.436. The van der Waals surface area contributed by atoms with Crippen LogP contribution in [0.15, 0.2) is 6.33 Å². The maximum absolute atomic E-state index is 11.1. The van der Waals surface area contributed by atoms with Gasteiger partial charge in [0.25, 0.3) is 0 Å². The number of thiophene rings is 1. The van der Waals surface area contributed by atoms with Crippen molar-refractivity contribution in [2.24, 2.45) is 5.73 Å². The number of anilines is 1. The van der Waals surface area contributed by atoms with Crippen molar-refractivity contribution in [2.75, 3.05) is 18.4 Å². The number of nitrogens with one attached hydrogen (secondary N) is 2. The summed E-state index contributed by atoms with van der Waals surface area (Å²) in [5.41, 5.74) is 5.58. The zero-order chi connectivity index (χ0) is 14.7. The van der Waals surface area contributed by atoms with Crippen molar-refractivity contribution in [1.82, 2.24) is 15.3 Å². The summed E-state index contributed by atoms with van der Waals surface area (Å²) in [4.78, 5) is 30.7. The van der Waals surface area contributed by atoms with Crippen molar-refractivity contribution in [3.63, 3.8) is 0 Å². The molecule has 0 aliphatic rings. The Morgan fingerprint density at radius 3 is 2.80 bits per heavy atom. The summed E-state index contributed by atoms with van der Waals surface area (Å²) in [5, 5.41) is 15.3. The highest BCUT2D eigenvalue weighted by Gasteiger charge is 2.18. The molecule has 0 atom stereocenters. The molecule has 9 heteroatoms. The van der Waals surface area contributed by atoms with Crippen LogP contribution in [-0.2, 0) is 0 Å². The third kappa shape index (κ3) is 2.77. The van der Waals surface area contributed by atoms with Gasteiger partial charge in [0.1, 0.15) is 21.9 Å². The summed E-state index contributed by atoms with van der Waals surface area (Å²) in [7, 11) is 0. The van der Waals surface area contributed by atoms with Crippen molar-refractivity contribution in [2.45, 2.75) is 6.92 Å². The van der Waals surface area contributed by atoms with Gasteiger partial charge in [-0.15, -0.1) is 11.3 Å². The van der Waals surface area contributed by atoms with E-state index in [1.165, 1.54) is 6.33 Å². The third-order valence-corrected chi connectivity index (χ3v) is 3.83. The van der Waals surface area contributed by atoms with Gasteiger partial charge in [-0.25, -0.2) is 19.6 Å². The molecule has 0 spiro atoms. The Morgan fingerprint density at radius 2 is 2.15 bits per heavy atom. The number of hydrogen-bond donors (Lipinski definition) is 4. The van der Waals surface area contributed by atoms with E-state index >= 15 is 0 Å². The molecule has 0 aliphatic carbocycles. The van der Waals surface area contributed by atoms with Gasteiger partial charge in [0.05, 0.1) is 5.39 Å². The minimum Gasteiger partial charge on any atom is -0.477 e. The van der Waals surface area contributed by atoms with Crippen LogP contribution in [0.5, 0.6) is 0 Å². The smallest absolute Gasteiger partial charge is 0.346 e. The number of aryl methyl sites for hydroxylation is 1. The predicted octanol–water partition coefficient (Wildman–Crippen LogP) is 0.778. The van der Waals surface area contributed by atoms with Crippen LogP contribution in [0.2, 0.25) is 0 Å². The molecule has 0 unspecified atom stereocenters. The normalized spacial score (nSPS) is 10.4. The predicted molar refractivity (Wildman–Crippen MR) is 75.2 cm³/mol. The van der Waals surface area contributed by atoms with Crippen LogP contribution >= 0.6 is 11.3 Å². The molecule has 0 fully saturated rings. The molecule has 0 aromatic carbocycles. The molecule has 20 heavy (non-hydrogen) atoms. The minimum atomic E-state index is -0.980. The molecule has 0 saturated heterocycles. The Balaban J connectivity index is 2.25. The molecule has 8 nitrogen and oxygen atoms in total. The molecule has 2 amide bonds. The van der Waals surface area contributed by atoms with Crippen molar-refractivity contribution in [3.8, 4) is 0 Å². The second-order valence-corrected chi connectivity index (χ2v) is 4.98. The van der Waals surface area contributed by atoms with E-state index < -0.39 is 12.0 Å². The van der Waals surface area contributed by atoms with Crippen LogP contribution in [0.1, 0.15) is 15.2 Å². The van der Waals surface area contributed by atoms with Gasteiger partial charge in [-0.1, -0.05) is 0 Å². The topological polar surface area (TPSA) is 130 Å². The van der Waals surface area contributed by atoms with E-state index in [0.29, 0.717) is 34.7 Å². The average molecular weight is 295 g/mol. The molecule has 0 saturated carbocycles. The highest BCUT2D eigenvalue weighted by molar-refractivity contribution is 7.20. The first-order chi connectivity index (χ1) is 9.50. The number of hydrogen-bond acceptors (Lipinski definition) is 6. The highest BCUT2D eigenvalue weighted by atomic mass is 32.1. The van der Waals surface area contributed by atoms with Crippen molar-refractivity contribution in [1.29, 1.82) is 0 Å². The lowest BCUT2D eigenvalue weighted by Crippen LogP contribution is -2.33. The highest BCUT2D eigenvalue weighted by Crippen LogP contribution is 2.32. The van der Waals surface area contributed by atoms with E-state index in [4.69, 9.17) is 10.8 Å². The van der Waals surface area contributed by atoms with Crippen LogP contribution in [0.4, 0.5) is 10.6 Å². The van der Waals surface area contributed by atoms with Gasteiger partial charge >= 0.3 is 12.0 Å². The SMILES string of the molecule is Cc1c(C(=O)O)sc2ncnc(NCCNC(N)=O)c12. The van der Waals surface area contributed by atoms with Gasteiger partial charge in [-0.3, -0.25) is 0 Å². The van der Waals surface area contributed by atoms with Crippen molar-refractivity contribution >= 4 is 39.4 Å². The number of carbonyl (C=O) groups is 2. The van der Waals surface area contributed by atoms with Crippen LogP contribution in [0, 0.1) is 6.92 Å². The van der Waals surface area contributed by atoms with E-state index in [2.05, 4.69) is 20.6 Å². The summed E-state index contributed by atoms with van der Waals surface area (Å²) >= 11 is 1.11. The van der Waals surface area contributed by atoms with E-state index in [0.717, 1.165) is 11.3 Å². The van der Waals surface area contributed by atoms with Gasteiger partial charge in [0.2, 0.25) is 0 Å². The van der Waals surface area contributed by atoms with E-state index in [9.17, 15) is 9.59 Å². The standard InChI is InChI=1S/C11H13N5O3S/c1-5-6-8(13-2-3-14-11(12)19)15-4-16-9(6)20-7(5)10(17)18/h4H,2-3H2,1H3,(H,17,18)(H3,12,14,19)(H,13,15,16). The number of carboxylic acid groups (broad SMARTS) is 1. The lowest BCUT2D eigenvalue weighted by atomic mass is 10.2. The number of nitrogens with zero attached hydrogens (tertiary/aromatic N) is 2. The minimum absolute atomic E-state index is 0.249. The van der Waals surface area contributed by atoms with Crippen molar-refractivity contribution < 1.29 is 14.7 Å². The van der Waals surface area contributed by atoms with E-state index in [1.807, 2.05) is 0 Å². The second kappa shape index (κ2) is 5.70. The first kappa shape index (κ1) is 14.0. The zero-order valence-corrected chi connectivity index (χ0v) is 11.5. The first-order valence-electron chi connectivity index (χ1n) is 5.75. The molecule has 2 aromatic rings. The fourth-order valence-electron chi connectivity index (χ4n) is 1.78. The van der Waals surface area contributed by atoms with Crippen LogP contribution < -0.4 is 16.4 Å². The molecule has 5 N–H and O–H groups in total. The fourth-order valence-corrected chi connectivity index (χ4v) is 2.76. The molecule has 0 aliphatic heterocycles. The molecule has 0 radical (unpaired) electrons. The van der Waals surface area contributed by atoms with Gasteiger partial charge in [0.15, 0.2) is 0 Å². The summed E-state index contributed by atoms with van der Waals surface area (Å²) in [6, 6.07) is -0.598. The summed E-state index contributed by atoms with van der Waals surface area (Å²) in [6.07, 6.45) is 1.37. The van der Waals surface area contributed by atoms with Crippen LogP contribution in [0.25, 0.3) is 10.2 Å². The summed E-state index contributed by atoms with van der Waals surface area (Å²) < 4.78 is 0. The van der Waals surface area contributed by atoms with E-state index in [-0.39, 0.29) is 4.88 Å². The number of carboxylic acids is 1. The Morgan fingerprint density at radius 1 is 1.40 bits per heavy atom. The maximum Gasteiger partial charge on any atom is 0.346 e. The number of urea groups is 1. The number of primary amides is 1. The van der Waals surface area contributed by atoms with Gasteiger partial charge in [-0.2, -0.15) is 0 Å². The van der Waals surface area contributed by atoms with Crippen LogP contribution in [-0.4, -0.2) is 40.2 Å². The Kier molecular flexibility index (Phi) is 3.99. The monoisotopic (exact) mass is 295 g/mol. The molecular weight excluding hydrogens is 282 g/mol. The quantitative estimate of drug-likeness (QED) is 0.603. The Bertz CT molecular complexity index is 669. The Hall–Kier alpha value is -2.42. The molecule has 0 bridgehead atoms. The maximum atomic E-state index is 11.1. The van der Waals surface area contributed by atoms with Gasteiger partial charge in [0, 0.05) is 13.1 Å². The largest absolute Gasteiger partial charge is 0.477 e. The van der Waals surface area contributed by atoms with Crippen molar-refractivity contribution in [3.05, 3.63) is 16.8 Å². The number of rotatable bonds is 5. The number of amides is 2. The van der Waals surface area contributed by atoms with E-state index in [1.54, 1.807) is 6.92 Å². The molecular formula is C11H13N5O3S. The zero-order valence-electron chi connectivity index (χ0n) is 10.6. The first-order valence-corrected chi connectivity index (χ1v) is 6.57. The number of fused-ring (bicyclic) bond motifs is 1. The van der Waals surface area contributed by atoms with Gasteiger partial charge in [-0.05, 0) is 12.5 Å². The molecule has 2 rings (SSSR count). The molecule has 106 valence electrons. The molecule has 2 heterocycles. The Labute approximate surface area is 118 Å². The molecule has 2 aromatic heterocycles. The third-order valence-electron chi connectivity index (χ3n) is 2.64. The van der Waals surface area contributed by atoms with Crippen LogP contribution in [0.3, 0.4) is 0 Å².